The minimum Gasteiger partial charge on any atom is -0.396 e. The Kier molecular flexibility index (Phi) is 8.02. The van der Waals surface area contributed by atoms with Crippen molar-refractivity contribution >= 4 is 0 Å². The zero-order valence-corrected chi connectivity index (χ0v) is 10.2. The number of hydrogen-bond donors (Lipinski definition) is 2. The molecule has 1 heterocycles. The van der Waals surface area contributed by atoms with Crippen LogP contribution < -0.4 is 0 Å². The fraction of sp³-hybridized carbons (Fsp3) is 0.846. The van der Waals surface area contributed by atoms with Crippen molar-refractivity contribution in [3.8, 4) is 11.8 Å². The molecule has 1 fully saturated rings. The van der Waals surface area contributed by atoms with Crippen LogP contribution in [0.2, 0.25) is 0 Å². The monoisotopic (exact) mass is 242 g/mol. The van der Waals surface area contributed by atoms with Gasteiger partial charge in [-0.05, 0) is 32.1 Å². The van der Waals surface area contributed by atoms with Crippen molar-refractivity contribution in [3.05, 3.63) is 0 Å². The van der Waals surface area contributed by atoms with Gasteiger partial charge in [-0.15, -0.1) is 0 Å². The highest BCUT2D eigenvalue weighted by atomic mass is 16.7. The molecule has 2 atom stereocenters. The van der Waals surface area contributed by atoms with E-state index in [1.807, 2.05) is 0 Å². The number of hydrogen-bond acceptors (Lipinski definition) is 4. The van der Waals surface area contributed by atoms with Crippen LogP contribution in [0.1, 0.15) is 38.5 Å². The molecule has 0 unspecified atom stereocenters. The van der Waals surface area contributed by atoms with Crippen molar-refractivity contribution in [2.75, 3.05) is 19.8 Å². The molecule has 2 N–H and O–H groups in total. The van der Waals surface area contributed by atoms with Crippen molar-refractivity contribution in [1.29, 1.82) is 0 Å². The van der Waals surface area contributed by atoms with E-state index in [1.165, 1.54) is 0 Å². The molecule has 4 nitrogen and oxygen atoms in total. The van der Waals surface area contributed by atoms with Gasteiger partial charge in [0.1, 0.15) is 6.61 Å². The maximum absolute atomic E-state index is 9.45. The van der Waals surface area contributed by atoms with Crippen LogP contribution in [-0.2, 0) is 9.47 Å². The van der Waals surface area contributed by atoms with Gasteiger partial charge in [-0.2, -0.15) is 0 Å². The van der Waals surface area contributed by atoms with Crippen LogP contribution >= 0.6 is 0 Å². The summed E-state index contributed by atoms with van der Waals surface area (Å²) in [5.74, 6) is 5.74. The lowest BCUT2D eigenvalue weighted by molar-refractivity contribution is -0.154. The largest absolute Gasteiger partial charge is 0.396 e. The summed E-state index contributed by atoms with van der Waals surface area (Å²) in [5.41, 5.74) is 0. The first-order valence-corrected chi connectivity index (χ1v) is 6.31. The third-order valence-electron chi connectivity index (χ3n) is 2.64. The molecule has 1 aliphatic rings. The van der Waals surface area contributed by atoms with Gasteiger partial charge in [0, 0.05) is 19.6 Å². The first kappa shape index (κ1) is 14.5. The molecule has 98 valence electrons. The molecule has 0 bridgehead atoms. The van der Waals surface area contributed by atoms with E-state index in [4.69, 9.17) is 14.6 Å². The van der Waals surface area contributed by atoms with Crippen LogP contribution in [0.25, 0.3) is 0 Å². The molecule has 0 saturated carbocycles. The molecule has 1 aliphatic heterocycles. The molecule has 0 aromatic heterocycles. The van der Waals surface area contributed by atoms with E-state index >= 15 is 0 Å². The first-order chi connectivity index (χ1) is 8.33. The topological polar surface area (TPSA) is 58.9 Å². The summed E-state index contributed by atoms with van der Waals surface area (Å²) in [7, 11) is 0. The van der Waals surface area contributed by atoms with Crippen molar-refractivity contribution in [2.45, 2.75) is 50.9 Å². The summed E-state index contributed by atoms with van der Waals surface area (Å²) in [6, 6.07) is 0. The second-order valence-corrected chi connectivity index (χ2v) is 4.18. The molecule has 0 spiro atoms. The lowest BCUT2D eigenvalue weighted by Gasteiger charge is -2.21. The number of rotatable bonds is 6. The van der Waals surface area contributed by atoms with Gasteiger partial charge in [0.05, 0.1) is 6.10 Å². The maximum Gasteiger partial charge on any atom is 0.158 e. The average molecular weight is 242 g/mol. The minimum absolute atomic E-state index is 0.0997. The molecular weight excluding hydrogens is 220 g/mol. The van der Waals surface area contributed by atoms with Gasteiger partial charge in [-0.3, -0.25) is 0 Å². The van der Waals surface area contributed by atoms with Crippen LogP contribution in [0.4, 0.5) is 0 Å². The SMILES string of the molecule is OCCC[C@H](O)CC#CCO[C@@H]1CCCCO1. The fourth-order valence-electron chi connectivity index (χ4n) is 1.65. The van der Waals surface area contributed by atoms with Crippen molar-refractivity contribution in [3.63, 3.8) is 0 Å². The predicted molar refractivity (Wildman–Crippen MR) is 64.3 cm³/mol. The molecule has 1 saturated heterocycles. The zero-order chi connectivity index (χ0) is 12.3. The molecule has 0 amide bonds. The van der Waals surface area contributed by atoms with E-state index in [0.29, 0.717) is 25.9 Å². The molecule has 4 heteroatoms. The number of aliphatic hydroxyl groups is 2. The zero-order valence-electron chi connectivity index (χ0n) is 10.2. The third kappa shape index (κ3) is 7.35. The summed E-state index contributed by atoms with van der Waals surface area (Å²) in [4.78, 5) is 0. The van der Waals surface area contributed by atoms with Crippen LogP contribution in [0.5, 0.6) is 0 Å². The Hall–Kier alpha value is -0.600. The highest BCUT2D eigenvalue weighted by Gasteiger charge is 2.12. The Labute approximate surface area is 103 Å². The van der Waals surface area contributed by atoms with Gasteiger partial charge in [-0.1, -0.05) is 11.8 Å². The highest BCUT2D eigenvalue weighted by Crippen LogP contribution is 2.13. The van der Waals surface area contributed by atoms with Gasteiger partial charge in [0.25, 0.3) is 0 Å². The number of aliphatic hydroxyl groups excluding tert-OH is 2. The summed E-state index contributed by atoms with van der Waals surface area (Å²) in [5, 5.41) is 18.0. The van der Waals surface area contributed by atoms with Gasteiger partial charge in [0.2, 0.25) is 0 Å². The van der Waals surface area contributed by atoms with E-state index in [9.17, 15) is 5.11 Å². The van der Waals surface area contributed by atoms with Crippen LogP contribution in [0.3, 0.4) is 0 Å². The second-order valence-electron chi connectivity index (χ2n) is 4.18. The summed E-state index contributed by atoms with van der Waals surface area (Å²) in [6.45, 7) is 1.25. The van der Waals surface area contributed by atoms with Crippen molar-refractivity contribution in [1.82, 2.24) is 0 Å². The van der Waals surface area contributed by atoms with Gasteiger partial charge < -0.3 is 19.7 Å². The third-order valence-corrected chi connectivity index (χ3v) is 2.64. The van der Waals surface area contributed by atoms with E-state index in [-0.39, 0.29) is 12.9 Å². The molecule has 17 heavy (non-hydrogen) atoms. The lowest BCUT2D eigenvalue weighted by atomic mass is 10.1. The standard InChI is InChI=1S/C13H22O4/c14-9-5-7-12(15)6-1-3-10-16-13-8-2-4-11-17-13/h12-15H,2,4-11H2/t12-,13+/m1/s1. The van der Waals surface area contributed by atoms with Crippen molar-refractivity contribution in [2.24, 2.45) is 0 Å². The van der Waals surface area contributed by atoms with Crippen molar-refractivity contribution < 1.29 is 19.7 Å². The lowest BCUT2D eigenvalue weighted by Crippen LogP contribution is -2.22. The fourth-order valence-corrected chi connectivity index (χ4v) is 1.65. The van der Waals surface area contributed by atoms with Crippen LogP contribution in [0, 0.1) is 11.8 Å². The average Bonchev–Trinajstić information content (AvgIpc) is 2.37. The van der Waals surface area contributed by atoms with E-state index in [1.54, 1.807) is 0 Å². The molecular formula is C13H22O4. The Bertz CT molecular complexity index is 238. The van der Waals surface area contributed by atoms with Crippen LogP contribution in [0.15, 0.2) is 0 Å². The van der Waals surface area contributed by atoms with Gasteiger partial charge in [-0.25, -0.2) is 0 Å². The normalized spacial score (nSPS) is 21.6. The Morgan fingerprint density at radius 3 is 2.94 bits per heavy atom. The quantitative estimate of drug-likeness (QED) is 0.684. The van der Waals surface area contributed by atoms with Gasteiger partial charge >= 0.3 is 0 Å². The Balaban J connectivity index is 2.01. The molecule has 0 aliphatic carbocycles. The van der Waals surface area contributed by atoms with Gasteiger partial charge in [0.15, 0.2) is 6.29 Å². The molecule has 0 aromatic rings. The first-order valence-electron chi connectivity index (χ1n) is 6.31. The second kappa shape index (κ2) is 9.43. The van der Waals surface area contributed by atoms with Crippen LogP contribution in [-0.4, -0.2) is 42.4 Å². The Morgan fingerprint density at radius 2 is 2.24 bits per heavy atom. The molecule has 0 radical (unpaired) electrons. The Morgan fingerprint density at radius 1 is 1.35 bits per heavy atom. The summed E-state index contributed by atoms with van der Waals surface area (Å²) >= 11 is 0. The smallest absolute Gasteiger partial charge is 0.158 e. The van der Waals surface area contributed by atoms with E-state index in [0.717, 1.165) is 25.9 Å². The molecule has 1 rings (SSSR count). The summed E-state index contributed by atoms with van der Waals surface area (Å²) < 4.78 is 10.8. The maximum atomic E-state index is 9.45. The minimum atomic E-state index is -0.444. The number of ether oxygens (including phenoxy) is 2. The van der Waals surface area contributed by atoms with E-state index in [2.05, 4.69) is 11.8 Å². The summed E-state index contributed by atoms with van der Waals surface area (Å²) in [6.07, 6.45) is 4.32. The molecule has 0 aromatic carbocycles. The van der Waals surface area contributed by atoms with E-state index < -0.39 is 6.10 Å². The predicted octanol–water partition coefficient (Wildman–Crippen LogP) is 1.06. The highest BCUT2D eigenvalue weighted by molar-refractivity contribution is 5.00.